The molecule has 0 spiro atoms. The van der Waals surface area contributed by atoms with Gasteiger partial charge in [-0.05, 0) is 43.4 Å². The molecule has 2 aromatic heterocycles. The van der Waals surface area contributed by atoms with Gasteiger partial charge < -0.3 is 15.6 Å². The number of thiocarbonyl (C=S) groups is 1. The Kier molecular flexibility index (Phi) is 3.67. The molecule has 3 rings (SSSR count). The number of fused-ring (bicyclic) bond motifs is 1. The van der Waals surface area contributed by atoms with Gasteiger partial charge in [0.05, 0.1) is 23.9 Å². The van der Waals surface area contributed by atoms with Gasteiger partial charge in [0.1, 0.15) is 21.3 Å². The van der Waals surface area contributed by atoms with Crippen LogP contribution in [0.25, 0.3) is 21.5 Å². The number of anilines is 1. The van der Waals surface area contributed by atoms with E-state index in [-0.39, 0.29) is 5.05 Å². The van der Waals surface area contributed by atoms with E-state index in [4.69, 9.17) is 22.7 Å². The number of hydrogen-bond donors (Lipinski definition) is 2. The van der Waals surface area contributed by atoms with E-state index < -0.39 is 0 Å². The number of aliphatic hydroxyl groups is 1. The van der Waals surface area contributed by atoms with Gasteiger partial charge in [-0.2, -0.15) is 0 Å². The summed E-state index contributed by atoms with van der Waals surface area (Å²) in [6.07, 6.45) is 0. The lowest BCUT2D eigenvalue weighted by Crippen LogP contribution is -1.98. The fourth-order valence-electron chi connectivity index (χ4n) is 2.25. The normalized spacial score (nSPS) is 10.8. The largest absolute Gasteiger partial charge is 0.498 e. The first-order valence-corrected chi connectivity index (χ1v) is 7.68. The van der Waals surface area contributed by atoms with Crippen molar-refractivity contribution in [3.63, 3.8) is 0 Å². The molecule has 0 aliphatic rings. The van der Waals surface area contributed by atoms with Crippen LogP contribution < -0.4 is 10.5 Å². The summed E-state index contributed by atoms with van der Waals surface area (Å²) in [4.78, 5) is 10.1. The molecule has 0 aliphatic carbocycles. The minimum absolute atomic E-state index is 0.223. The van der Waals surface area contributed by atoms with Crippen molar-refractivity contribution in [2.24, 2.45) is 0 Å². The Hall–Kier alpha value is -2.25. The summed E-state index contributed by atoms with van der Waals surface area (Å²) in [6, 6.07) is 7.54. The second kappa shape index (κ2) is 5.51. The Labute approximate surface area is 136 Å². The summed E-state index contributed by atoms with van der Waals surface area (Å²) in [5, 5.41) is 10.1. The number of nitrogens with zero attached hydrogens (tertiary/aromatic N) is 2. The molecular formula is C15H13N3O2S2. The molecule has 0 bridgehead atoms. The standard InChI is InChI=1S/C15H13N3O2S2/c1-7-17-12(8-3-5-9(20-2)6-4-8)10-11(16)13(15(19)21)22-14(10)18-7/h3-6H,16H2,1-2H3,(H,19,21). The molecule has 22 heavy (non-hydrogen) atoms. The molecule has 0 atom stereocenters. The van der Waals surface area contributed by atoms with Crippen molar-refractivity contribution in [1.82, 2.24) is 9.97 Å². The maximum atomic E-state index is 9.60. The third-order valence-electron chi connectivity index (χ3n) is 3.26. The minimum Gasteiger partial charge on any atom is -0.498 e. The summed E-state index contributed by atoms with van der Waals surface area (Å²) >= 11 is 6.11. The van der Waals surface area contributed by atoms with Crippen LogP contribution in [0.5, 0.6) is 5.75 Å². The molecule has 5 nitrogen and oxygen atoms in total. The van der Waals surface area contributed by atoms with E-state index in [2.05, 4.69) is 9.97 Å². The zero-order chi connectivity index (χ0) is 15.9. The second-order valence-corrected chi connectivity index (χ2v) is 6.06. The van der Waals surface area contributed by atoms with Crippen LogP contribution in [-0.2, 0) is 0 Å². The Morgan fingerprint density at radius 1 is 1.27 bits per heavy atom. The average Bonchev–Trinajstić information content (AvgIpc) is 2.83. The van der Waals surface area contributed by atoms with E-state index in [0.717, 1.165) is 17.0 Å². The Morgan fingerprint density at radius 3 is 2.55 bits per heavy atom. The Balaban J connectivity index is 2.29. The molecule has 3 N–H and O–H groups in total. The monoisotopic (exact) mass is 331 g/mol. The smallest absolute Gasteiger partial charge is 0.201 e. The van der Waals surface area contributed by atoms with Crippen LogP contribution in [0.3, 0.4) is 0 Å². The molecule has 3 aromatic rings. The SMILES string of the molecule is COc1ccc(-c2nc(C)nc3sc(C(O)=S)c(N)c23)cc1. The van der Waals surface area contributed by atoms with Crippen molar-refractivity contribution in [2.75, 3.05) is 12.8 Å². The molecule has 7 heteroatoms. The minimum atomic E-state index is -0.223. The molecule has 0 amide bonds. The van der Waals surface area contributed by atoms with Crippen LogP contribution in [0.1, 0.15) is 10.7 Å². The van der Waals surface area contributed by atoms with Crippen LogP contribution >= 0.6 is 23.6 Å². The highest BCUT2D eigenvalue weighted by Gasteiger charge is 2.19. The summed E-state index contributed by atoms with van der Waals surface area (Å²) in [5.41, 5.74) is 8.18. The number of aryl methyl sites for hydroxylation is 1. The van der Waals surface area contributed by atoms with E-state index in [1.807, 2.05) is 31.2 Å². The summed E-state index contributed by atoms with van der Waals surface area (Å²) in [7, 11) is 1.62. The molecule has 0 unspecified atom stereocenters. The number of thiophene rings is 1. The summed E-state index contributed by atoms with van der Waals surface area (Å²) in [6.45, 7) is 1.82. The van der Waals surface area contributed by atoms with Gasteiger partial charge in [-0.25, -0.2) is 9.97 Å². The average molecular weight is 331 g/mol. The highest BCUT2D eigenvalue weighted by atomic mass is 32.1. The van der Waals surface area contributed by atoms with Crippen LogP contribution in [0, 0.1) is 6.92 Å². The number of aliphatic hydroxyl groups excluding tert-OH is 1. The maximum absolute atomic E-state index is 9.60. The van der Waals surface area contributed by atoms with Crippen molar-refractivity contribution >= 4 is 44.5 Å². The maximum Gasteiger partial charge on any atom is 0.201 e. The zero-order valence-corrected chi connectivity index (χ0v) is 13.6. The number of nitrogen functional groups attached to an aromatic ring is 1. The number of ether oxygens (including phenoxy) is 1. The van der Waals surface area contributed by atoms with Gasteiger partial charge in [-0.15, -0.1) is 11.3 Å². The first-order valence-electron chi connectivity index (χ1n) is 6.45. The van der Waals surface area contributed by atoms with Gasteiger partial charge in [-0.1, -0.05) is 0 Å². The number of benzene rings is 1. The quantitative estimate of drug-likeness (QED) is 0.715. The fourth-order valence-corrected chi connectivity index (χ4v) is 3.46. The molecule has 112 valence electrons. The van der Waals surface area contributed by atoms with E-state index >= 15 is 0 Å². The predicted molar refractivity (Wildman–Crippen MR) is 92.9 cm³/mol. The van der Waals surface area contributed by atoms with E-state index in [0.29, 0.717) is 26.6 Å². The molecule has 0 radical (unpaired) electrons. The van der Waals surface area contributed by atoms with Gasteiger partial charge >= 0.3 is 0 Å². The third kappa shape index (κ3) is 2.38. The molecule has 0 saturated carbocycles. The van der Waals surface area contributed by atoms with Crippen LogP contribution in [0.15, 0.2) is 24.3 Å². The predicted octanol–water partition coefficient (Wildman–Crippen LogP) is 3.49. The lowest BCUT2D eigenvalue weighted by atomic mass is 10.1. The number of hydrogen-bond acceptors (Lipinski definition) is 6. The molecule has 2 heterocycles. The van der Waals surface area contributed by atoms with Crippen molar-refractivity contribution < 1.29 is 9.84 Å². The van der Waals surface area contributed by atoms with Gasteiger partial charge in [0.15, 0.2) is 0 Å². The lowest BCUT2D eigenvalue weighted by Gasteiger charge is -2.06. The van der Waals surface area contributed by atoms with E-state index in [9.17, 15) is 5.11 Å². The number of rotatable bonds is 3. The summed E-state index contributed by atoms with van der Waals surface area (Å²) in [5.74, 6) is 1.40. The second-order valence-electron chi connectivity index (χ2n) is 4.68. The highest BCUT2D eigenvalue weighted by Crippen LogP contribution is 2.38. The first kappa shape index (κ1) is 14.7. The van der Waals surface area contributed by atoms with Gasteiger partial charge in [0.2, 0.25) is 5.05 Å². The van der Waals surface area contributed by atoms with Crippen molar-refractivity contribution in [3.8, 4) is 17.0 Å². The molecule has 0 fully saturated rings. The Morgan fingerprint density at radius 2 is 1.95 bits per heavy atom. The molecular weight excluding hydrogens is 318 g/mol. The molecule has 0 saturated heterocycles. The van der Waals surface area contributed by atoms with Crippen molar-refractivity contribution in [3.05, 3.63) is 35.0 Å². The fraction of sp³-hybridized carbons (Fsp3) is 0.133. The zero-order valence-electron chi connectivity index (χ0n) is 12.0. The van der Waals surface area contributed by atoms with Crippen molar-refractivity contribution in [1.29, 1.82) is 0 Å². The lowest BCUT2D eigenvalue weighted by molar-refractivity contribution is 0.415. The molecule has 0 aliphatic heterocycles. The number of nitrogens with two attached hydrogens (primary N) is 1. The number of methoxy groups -OCH3 is 1. The summed E-state index contributed by atoms with van der Waals surface area (Å²) < 4.78 is 5.17. The van der Waals surface area contributed by atoms with Crippen LogP contribution in [-0.4, -0.2) is 27.2 Å². The van der Waals surface area contributed by atoms with Gasteiger partial charge in [0, 0.05) is 5.56 Å². The van der Waals surface area contributed by atoms with Crippen LogP contribution in [0.2, 0.25) is 0 Å². The molecule has 1 aromatic carbocycles. The topological polar surface area (TPSA) is 81.3 Å². The number of aromatic nitrogens is 2. The van der Waals surface area contributed by atoms with Gasteiger partial charge in [-0.3, -0.25) is 0 Å². The van der Waals surface area contributed by atoms with E-state index in [1.54, 1.807) is 7.11 Å². The Bertz CT molecular complexity index is 873. The van der Waals surface area contributed by atoms with Crippen molar-refractivity contribution in [2.45, 2.75) is 6.92 Å². The van der Waals surface area contributed by atoms with Crippen LogP contribution in [0.4, 0.5) is 5.69 Å². The van der Waals surface area contributed by atoms with E-state index in [1.165, 1.54) is 11.3 Å². The first-order chi connectivity index (χ1) is 10.5. The highest BCUT2D eigenvalue weighted by molar-refractivity contribution is 7.80. The third-order valence-corrected chi connectivity index (χ3v) is 4.70. The van der Waals surface area contributed by atoms with Gasteiger partial charge in [0.25, 0.3) is 0 Å².